The maximum atomic E-state index is 12.8. The van der Waals surface area contributed by atoms with E-state index in [4.69, 9.17) is 4.74 Å². The molecule has 0 spiro atoms. The average Bonchev–Trinajstić information content (AvgIpc) is 2.59. The van der Waals surface area contributed by atoms with Crippen molar-refractivity contribution in [2.75, 3.05) is 26.3 Å². The number of carbonyl (C=O) groups excluding carboxylic acids is 1. The Balaban J connectivity index is 1.60. The minimum Gasteiger partial charge on any atom is -0.381 e. The topological polar surface area (TPSA) is 41.6 Å². The van der Waals surface area contributed by atoms with Crippen LogP contribution >= 0.6 is 0 Å². The smallest absolute Gasteiger partial charge is 0.240 e. The Bertz CT molecular complexity index is 518. The number of piperidine rings is 1. The summed E-state index contributed by atoms with van der Waals surface area (Å²) in [6, 6.07) is 8.34. The van der Waals surface area contributed by atoms with E-state index in [2.05, 4.69) is 29.6 Å². The van der Waals surface area contributed by atoms with E-state index in [1.54, 1.807) is 0 Å². The summed E-state index contributed by atoms with van der Waals surface area (Å²) in [7, 11) is 0. The molecule has 1 aromatic carbocycles. The summed E-state index contributed by atoms with van der Waals surface area (Å²) in [6.45, 7) is 6.09. The van der Waals surface area contributed by atoms with Gasteiger partial charge in [0.25, 0.3) is 0 Å². The molecule has 2 atom stereocenters. The number of fused-ring (bicyclic) bond motifs is 1. The molecular formula is C18H26N2O2. The fourth-order valence-corrected chi connectivity index (χ4v) is 3.54. The lowest BCUT2D eigenvalue weighted by atomic mass is 9.93. The highest BCUT2D eigenvalue weighted by molar-refractivity contribution is 5.82. The molecule has 2 heterocycles. The van der Waals surface area contributed by atoms with Gasteiger partial charge >= 0.3 is 0 Å². The van der Waals surface area contributed by atoms with Crippen molar-refractivity contribution in [1.82, 2.24) is 10.2 Å². The van der Waals surface area contributed by atoms with Crippen molar-refractivity contribution in [1.29, 1.82) is 0 Å². The molecule has 0 unspecified atom stereocenters. The highest BCUT2D eigenvalue weighted by Crippen LogP contribution is 2.21. The fourth-order valence-electron chi connectivity index (χ4n) is 3.54. The van der Waals surface area contributed by atoms with Crippen molar-refractivity contribution in [3.05, 3.63) is 35.4 Å². The molecule has 0 radical (unpaired) electrons. The van der Waals surface area contributed by atoms with E-state index in [0.29, 0.717) is 5.92 Å². The molecule has 1 saturated heterocycles. The van der Waals surface area contributed by atoms with Gasteiger partial charge in [-0.3, -0.25) is 4.79 Å². The van der Waals surface area contributed by atoms with Crippen molar-refractivity contribution in [2.24, 2.45) is 5.92 Å². The highest BCUT2D eigenvalue weighted by atomic mass is 16.5. The predicted octanol–water partition coefficient (Wildman–Crippen LogP) is 1.98. The molecule has 120 valence electrons. The largest absolute Gasteiger partial charge is 0.381 e. The van der Waals surface area contributed by atoms with Crippen molar-refractivity contribution in [3.8, 4) is 0 Å². The number of benzene rings is 1. The van der Waals surface area contributed by atoms with Crippen LogP contribution in [-0.4, -0.2) is 43.2 Å². The first-order valence-electron chi connectivity index (χ1n) is 8.44. The first kappa shape index (κ1) is 15.5. The van der Waals surface area contributed by atoms with Crippen LogP contribution in [0.15, 0.2) is 24.3 Å². The van der Waals surface area contributed by atoms with E-state index in [0.717, 1.165) is 45.7 Å². The van der Waals surface area contributed by atoms with Gasteiger partial charge < -0.3 is 15.0 Å². The number of hydrogen-bond acceptors (Lipinski definition) is 3. The van der Waals surface area contributed by atoms with Gasteiger partial charge in [-0.15, -0.1) is 0 Å². The fraction of sp³-hybridized carbons (Fsp3) is 0.611. The Morgan fingerprint density at radius 3 is 3.00 bits per heavy atom. The third-order valence-corrected chi connectivity index (χ3v) is 4.77. The van der Waals surface area contributed by atoms with E-state index in [1.165, 1.54) is 17.5 Å². The van der Waals surface area contributed by atoms with E-state index < -0.39 is 0 Å². The van der Waals surface area contributed by atoms with Gasteiger partial charge in [-0.1, -0.05) is 24.3 Å². The molecule has 0 bridgehead atoms. The van der Waals surface area contributed by atoms with Crippen LogP contribution in [-0.2, 0) is 22.5 Å². The predicted molar refractivity (Wildman–Crippen MR) is 86.6 cm³/mol. The molecule has 2 aliphatic rings. The number of nitrogens with zero attached hydrogens (tertiary/aromatic N) is 1. The van der Waals surface area contributed by atoms with Crippen molar-refractivity contribution >= 4 is 5.91 Å². The van der Waals surface area contributed by atoms with Gasteiger partial charge in [0.05, 0.1) is 12.6 Å². The van der Waals surface area contributed by atoms with E-state index >= 15 is 0 Å². The van der Waals surface area contributed by atoms with Gasteiger partial charge in [-0.05, 0) is 43.2 Å². The number of hydrogen-bond donors (Lipinski definition) is 1. The Hall–Kier alpha value is -1.39. The summed E-state index contributed by atoms with van der Waals surface area (Å²) in [5, 5.41) is 3.41. The van der Waals surface area contributed by atoms with Crippen LogP contribution in [0.4, 0.5) is 0 Å². The lowest BCUT2D eigenvalue weighted by molar-refractivity contribution is -0.136. The third-order valence-electron chi connectivity index (χ3n) is 4.77. The zero-order valence-corrected chi connectivity index (χ0v) is 13.4. The van der Waals surface area contributed by atoms with Crippen molar-refractivity contribution in [2.45, 2.75) is 38.8 Å². The van der Waals surface area contributed by atoms with Crippen LogP contribution in [0, 0.1) is 5.92 Å². The van der Waals surface area contributed by atoms with Gasteiger partial charge in [0.15, 0.2) is 0 Å². The van der Waals surface area contributed by atoms with Gasteiger partial charge in [-0.2, -0.15) is 0 Å². The monoisotopic (exact) mass is 302 g/mol. The normalized spacial score (nSPS) is 24.9. The Kier molecular flexibility index (Phi) is 5.11. The number of rotatable bonds is 4. The summed E-state index contributed by atoms with van der Waals surface area (Å²) >= 11 is 0. The number of carbonyl (C=O) groups is 1. The van der Waals surface area contributed by atoms with E-state index in [-0.39, 0.29) is 11.9 Å². The molecule has 2 aliphatic heterocycles. The number of likely N-dealkylation sites (tertiary alicyclic amines) is 1. The standard InChI is InChI=1S/C18H26N2O2/c1-2-22-13-14-6-5-9-20(12-14)18(21)17-10-15-7-3-4-8-16(15)11-19-17/h3-4,7-8,14,17,19H,2,5-6,9-13H2,1H3/t14-,17-/m0/s1. The first-order chi connectivity index (χ1) is 10.8. The molecule has 1 amide bonds. The third kappa shape index (κ3) is 3.50. The van der Waals surface area contributed by atoms with Crippen LogP contribution in [0.5, 0.6) is 0 Å². The zero-order chi connectivity index (χ0) is 15.4. The average molecular weight is 302 g/mol. The zero-order valence-electron chi connectivity index (χ0n) is 13.4. The lowest BCUT2D eigenvalue weighted by Crippen LogP contribution is -2.52. The van der Waals surface area contributed by atoms with Crippen LogP contribution in [0.1, 0.15) is 30.9 Å². The maximum absolute atomic E-state index is 12.8. The quantitative estimate of drug-likeness (QED) is 0.924. The molecule has 1 fully saturated rings. The lowest BCUT2D eigenvalue weighted by Gasteiger charge is -2.36. The van der Waals surface area contributed by atoms with E-state index in [1.807, 2.05) is 11.8 Å². The molecule has 1 N–H and O–H groups in total. The Morgan fingerprint density at radius 2 is 2.18 bits per heavy atom. The summed E-state index contributed by atoms with van der Waals surface area (Å²) in [6.07, 6.45) is 3.07. The summed E-state index contributed by atoms with van der Waals surface area (Å²) in [5.41, 5.74) is 2.63. The van der Waals surface area contributed by atoms with Crippen molar-refractivity contribution in [3.63, 3.8) is 0 Å². The molecule has 4 nitrogen and oxygen atoms in total. The molecule has 0 aromatic heterocycles. The molecule has 22 heavy (non-hydrogen) atoms. The van der Waals surface area contributed by atoms with Gasteiger partial charge in [0, 0.05) is 26.2 Å². The summed E-state index contributed by atoms with van der Waals surface area (Å²) < 4.78 is 5.54. The molecule has 3 rings (SSSR count). The molecule has 1 aromatic rings. The number of nitrogens with one attached hydrogen (secondary N) is 1. The maximum Gasteiger partial charge on any atom is 0.240 e. The summed E-state index contributed by atoms with van der Waals surface area (Å²) in [4.78, 5) is 14.8. The molecule has 4 heteroatoms. The van der Waals surface area contributed by atoms with Crippen LogP contribution in [0.3, 0.4) is 0 Å². The minimum absolute atomic E-state index is 0.0688. The SMILES string of the molecule is CCOC[C@H]1CCCN(C(=O)[C@@H]2Cc3ccccc3CN2)C1. The number of amides is 1. The van der Waals surface area contributed by atoms with Gasteiger partial charge in [0.2, 0.25) is 5.91 Å². The van der Waals surface area contributed by atoms with Crippen LogP contribution < -0.4 is 5.32 Å². The second kappa shape index (κ2) is 7.25. The van der Waals surface area contributed by atoms with Gasteiger partial charge in [-0.25, -0.2) is 0 Å². The van der Waals surface area contributed by atoms with Gasteiger partial charge in [0.1, 0.15) is 0 Å². The Labute approximate surface area is 132 Å². The van der Waals surface area contributed by atoms with E-state index in [9.17, 15) is 4.79 Å². The number of ether oxygens (including phenoxy) is 1. The molecule has 0 saturated carbocycles. The second-order valence-electron chi connectivity index (χ2n) is 6.36. The molecule has 0 aliphatic carbocycles. The van der Waals surface area contributed by atoms with Crippen LogP contribution in [0.2, 0.25) is 0 Å². The van der Waals surface area contributed by atoms with Crippen LogP contribution in [0.25, 0.3) is 0 Å². The highest BCUT2D eigenvalue weighted by Gasteiger charge is 2.30. The molecular weight excluding hydrogens is 276 g/mol. The minimum atomic E-state index is -0.0688. The first-order valence-corrected chi connectivity index (χ1v) is 8.44. The van der Waals surface area contributed by atoms with Crippen molar-refractivity contribution < 1.29 is 9.53 Å². The second-order valence-corrected chi connectivity index (χ2v) is 6.36. The summed E-state index contributed by atoms with van der Waals surface area (Å²) in [5.74, 6) is 0.754. The Morgan fingerprint density at radius 1 is 1.36 bits per heavy atom.